The van der Waals surface area contributed by atoms with Gasteiger partial charge in [-0.1, -0.05) is 30.3 Å². The molecule has 4 nitrogen and oxygen atoms in total. The quantitative estimate of drug-likeness (QED) is 0.599. The molecule has 2 aromatic rings. The number of rotatable bonds is 12. The molecule has 0 aromatic heterocycles. The van der Waals surface area contributed by atoms with Gasteiger partial charge in [0.25, 0.3) is 0 Å². The molecule has 135 valence electrons. The standard InChI is InChI=1S/C21H27O4/c1-23-12-13-24-14-15-25-21-10-5-9-20(17-21)19-8-4-7-18(16-19)6-2-3-11-22/h4-5,7,9-10,16-17,22H,2-3,6,11-15H2,1H3. The molecule has 0 aliphatic heterocycles. The third kappa shape index (κ3) is 7.26. The van der Waals surface area contributed by atoms with E-state index in [1.165, 1.54) is 5.56 Å². The second-order valence-electron chi connectivity index (χ2n) is 5.77. The van der Waals surface area contributed by atoms with E-state index in [-0.39, 0.29) is 6.61 Å². The van der Waals surface area contributed by atoms with E-state index in [1.807, 2.05) is 24.3 Å². The van der Waals surface area contributed by atoms with Gasteiger partial charge in [-0.3, -0.25) is 0 Å². The molecule has 1 radical (unpaired) electrons. The molecule has 2 rings (SSSR count). The zero-order chi connectivity index (χ0) is 17.7. The van der Waals surface area contributed by atoms with Crippen molar-refractivity contribution in [3.05, 3.63) is 54.1 Å². The number of aryl methyl sites for hydroxylation is 1. The maximum atomic E-state index is 8.90. The zero-order valence-corrected chi connectivity index (χ0v) is 14.9. The van der Waals surface area contributed by atoms with Crippen molar-refractivity contribution in [1.82, 2.24) is 0 Å². The van der Waals surface area contributed by atoms with Crippen molar-refractivity contribution in [1.29, 1.82) is 0 Å². The van der Waals surface area contributed by atoms with Crippen molar-refractivity contribution in [2.24, 2.45) is 0 Å². The van der Waals surface area contributed by atoms with Gasteiger partial charge in [-0.05, 0) is 54.2 Å². The summed E-state index contributed by atoms with van der Waals surface area (Å²) in [5, 5.41) is 8.90. The highest BCUT2D eigenvalue weighted by atomic mass is 16.5. The monoisotopic (exact) mass is 343 g/mol. The Morgan fingerprint density at radius 2 is 1.88 bits per heavy atom. The molecule has 0 atom stereocenters. The number of benzene rings is 2. The second-order valence-corrected chi connectivity index (χ2v) is 5.77. The highest BCUT2D eigenvalue weighted by molar-refractivity contribution is 5.65. The summed E-state index contributed by atoms with van der Waals surface area (Å²) in [4.78, 5) is 0. The lowest BCUT2D eigenvalue weighted by molar-refractivity contribution is 0.0544. The lowest BCUT2D eigenvalue weighted by atomic mass is 10.0. The van der Waals surface area contributed by atoms with E-state index >= 15 is 0 Å². The van der Waals surface area contributed by atoms with E-state index < -0.39 is 0 Å². The first-order valence-corrected chi connectivity index (χ1v) is 8.75. The molecular formula is C21H27O4. The summed E-state index contributed by atoms with van der Waals surface area (Å²) in [7, 11) is 1.66. The number of hydrogen-bond donors (Lipinski definition) is 1. The molecule has 0 saturated carbocycles. The molecule has 2 aromatic carbocycles. The Hall–Kier alpha value is -1.88. The maximum Gasteiger partial charge on any atom is 0.120 e. The SMILES string of the molecule is COCCOCCOc1cccc(-c2[c]ccc(CCCCO)c2)c1. The van der Waals surface area contributed by atoms with E-state index in [0.29, 0.717) is 26.4 Å². The van der Waals surface area contributed by atoms with Crippen molar-refractivity contribution in [2.45, 2.75) is 19.3 Å². The van der Waals surface area contributed by atoms with E-state index in [9.17, 15) is 0 Å². The van der Waals surface area contributed by atoms with Gasteiger partial charge >= 0.3 is 0 Å². The molecule has 0 amide bonds. The van der Waals surface area contributed by atoms with Gasteiger partial charge in [-0.15, -0.1) is 0 Å². The number of aliphatic hydroxyl groups excluding tert-OH is 1. The average molecular weight is 343 g/mol. The van der Waals surface area contributed by atoms with Crippen LogP contribution in [0.3, 0.4) is 0 Å². The minimum absolute atomic E-state index is 0.250. The fourth-order valence-electron chi connectivity index (χ4n) is 2.49. The smallest absolute Gasteiger partial charge is 0.120 e. The fourth-order valence-corrected chi connectivity index (χ4v) is 2.49. The largest absolute Gasteiger partial charge is 0.491 e. The molecule has 4 heteroatoms. The highest BCUT2D eigenvalue weighted by Crippen LogP contribution is 2.24. The van der Waals surface area contributed by atoms with Gasteiger partial charge in [0.05, 0.1) is 19.8 Å². The minimum atomic E-state index is 0.250. The number of ether oxygens (including phenoxy) is 3. The molecule has 0 unspecified atom stereocenters. The number of aliphatic hydroxyl groups is 1. The van der Waals surface area contributed by atoms with Crippen LogP contribution in [0.15, 0.2) is 42.5 Å². The van der Waals surface area contributed by atoms with Gasteiger partial charge in [-0.25, -0.2) is 0 Å². The first kappa shape index (κ1) is 19.4. The first-order chi connectivity index (χ1) is 12.3. The maximum absolute atomic E-state index is 8.90. The highest BCUT2D eigenvalue weighted by Gasteiger charge is 2.03. The summed E-state index contributed by atoms with van der Waals surface area (Å²) in [5.41, 5.74) is 3.41. The summed E-state index contributed by atoms with van der Waals surface area (Å²) >= 11 is 0. The van der Waals surface area contributed by atoms with Gasteiger partial charge in [0, 0.05) is 13.7 Å². The van der Waals surface area contributed by atoms with Crippen LogP contribution in [0.4, 0.5) is 0 Å². The third-order valence-electron chi connectivity index (χ3n) is 3.81. The van der Waals surface area contributed by atoms with Crippen LogP contribution in [0, 0.1) is 6.07 Å². The second kappa shape index (κ2) is 11.6. The summed E-state index contributed by atoms with van der Waals surface area (Å²) in [5.74, 6) is 0.826. The van der Waals surface area contributed by atoms with Crippen molar-refractivity contribution in [3.63, 3.8) is 0 Å². The van der Waals surface area contributed by atoms with Crippen LogP contribution in [0.1, 0.15) is 18.4 Å². The van der Waals surface area contributed by atoms with Gasteiger partial charge < -0.3 is 19.3 Å². The Balaban J connectivity index is 1.90. The van der Waals surface area contributed by atoms with Crippen molar-refractivity contribution in [2.75, 3.05) is 40.1 Å². The van der Waals surface area contributed by atoms with E-state index in [0.717, 1.165) is 36.1 Å². The molecule has 0 spiro atoms. The van der Waals surface area contributed by atoms with Gasteiger partial charge in [-0.2, -0.15) is 0 Å². The predicted octanol–water partition coefficient (Wildman–Crippen LogP) is 3.51. The zero-order valence-electron chi connectivity index (χ0n) is 14.9. The van der Waals surface area contributed by atoms with E-state index in [1.54, 1.807) is 7.11 Å². The van der Waals surface area contributed by atoms with Gasteiger partial charge in [0.1, 0.15) is 12.4 Å². The van der Waals surface area contributed by atoms with Crippen LogP contribution < -0.4 is 4.74 Å². The Morgan fingerprint density at radius 3 is 2.72 bits per heavy atom. The molecule has 0 heterocycles. The molecule has 0 saturated heterocycles. The topological polar surface area (TPSA) is 47.9 Å². The lowest BCUT2D eigenvalue weighted by Gasteiger charge is -2.09. The summed E-state index contributed by atoms with van der Waals surface area (Å²) < 4.78 is 16.1. The molecule has 25 heavy (non-hydrogen) atoms. The van der Waals surface area contributed by atoms with Gasteiger partial charge in [0.2, 0.25) is 0 Å². The first-order valence-electron chi connectivity index (χ1n) is 8.75. The van der Waals surface area contributed by atoms with Gasteiger partial charge in [0.15, 0.2) is 0 Å². The van der Waals surface area contributed by atoms with Crippen molar-refractivity contribution >= 4 is 0 Å². The third-order valence-corrected chi connectivity index (χ3v) is 3.81. The predicted molar refractivity (Wildman–Crippen MR) is 98.9 cm³/mol. The van der Waals surface area contributed by atoms with Crippen LogP contribution in [0.25, 0.3) is 11.1 Å². The Kier molecular flexibility index (Phi) is 9.05. The van der Waals surface area contributed by atoms with Crippen LogP contribution in [0.5, 0.6) is 5.75 Å². The molecular weight excluding hydrogens is 316 g/mol. The van der Waals surface area contributed by atoms with Crippen molar-refractivity contribution in [3.8, 4) is 16.9 Å². The van der Waals surface area contributed by atoms with Crippen LogP contribution in [-0.2, 0) is 15.9 Å². The molecule has 0 aliphatic carbocycles. The van der Waals surface area contributed by atoms with Crippen LogP contribution in [0.2, 0.25) is 0 Å². The molecule has 0 aliphatic rings. The number of unbranched alkanes of at least 4 members (excludes halogenated alkanes) is 1. The molecule has 0 fully saturated rings. The fraction of sp³-hybridized carbons (Fsp3) is 0.429. The average Bonchev–Trinajstić information content (AvgIpc) is 2.65. The number of methoxy groups -OCH3 is 1. The van der Waals surface area contributed by atoms with E-state index in [4.69, 9.17) is 19.3 Å². The Bertz CT molecular complexity index is 612. The van der Waals surface area contributed by atoms with Crippen LogP contribution in [-0.4, -0.2) is 45.3 Å². The minimum Gasteiger partial charge on any atom is -0.491 e. The summed E-state index contributed by atoms with van der Waals surface area (Å²) in [6, 6.07) is 17.5. The Morgan fingerprint density at radius 1 is 1.00 bits per heavy atom. The summed E-state index contributed by atoms with van der Waals surface area (Å²) in [6.07, 6.45) is 2.80. The lowest BCUT2D eigenvalue weighted by Crippen LogP contribution is -2.09. The van der Waals surface area contributed by atoms with Crippen molar-refractivity contribution < 1.29 is 19.3 Å². The van der Waals surface area contributed by atoms with E-state index in [2.05, 4.69) is 24.3 Å². The normalized spacial score (nSPS) is 10.8. The Labute approximate surface area is 150 Å². The summed E-state index contributed by atoms with van der Waals surface area (Å²) in [6.45, 7) is 2.48. The number of hydrogen-bond acceptors (Lipinski definition) is 4. The molecule has 1 N–H and O–H groups in total. The van der Waals surface area contributed by atoms with Crippen LogP contribution >= 0.6 is 0 Å². The molecule has 0 bridgehead atoms.